The molecule has 0 bridgehead atoms. The highest BCUT2D eigenvalue weighted by atomic mass is 32.2. The Kier molecular flexibility index (Phi) is 10.0. The van der Waals surface area contributed by atoms with Crippen molar-refractivity contribution in [3.63, 3.8) is 0 Å². The average molecular weight is 605 g/mol. The minimum atomic E-state index is -0.972. The van der Waals surface area contributed by atoms with E-state index in [0.29, 0.717) is 28.8 Å². The molecule has 0 aromatic heterocycles. The van der Waals surface area contributed by atoms with Crippen LogP contribution in [0.25, 0.3) is 17.2 Å². The van der Waals surface area contributed by atoms with E-state index in [9.17, 15) is 14.7 Å². The lowest BCUT2D eigenvalue weighted by Crippen LogP contribution is -2.38. The van der Waals surface area contributed by atoms with Gasteiger partial charge in [-0.2, -0.15) is 0 Å². The Morgan fingerprint density at radius 2 is 1.81 bits per heavy atom. The van der Waals surface area contributed by atoms with Gasteiger partial charge in [0.1, 0.15) is 16.7 Å². The number of aromatic carboxylic acids is 1. The zero-order valence-electron chi connectivity index (χ0n) is 23.0. The Morgan fingerprint density at radius 1 is 1.02 bits per heavy atom. The van der Waals surface area contributed by atoms with Crippen LogP contribution in [-0.4, -0.2) is 82.2 Å². The first-order valence-corrected chi connectivity index (χ1v) is 15.0. The molecule has 1 amide bonds. The maximum absolute atomic E-state index is 13.3. The van der Waals surface area contributed by atoms with Gasteiger partial charge in [-0.25, -0.2) is 4.79 Å². The normalized spacial score (nSPS) is 16.8. The Morgan fingerprint density at radius 3 is 2.55 bits per heavy atom. The van der Waals surface area contributed by atoms with Gasteiger partial charge >= 0.3 is 5.97 Å². The fourth-order valence-corrected chi connectivity index (χ4v) is 6.14. The van der Waals surface area contributed by atoms with Crippen LogP contribution >= 0.6 is 24.0 Å². The molecule has 3 aromatic carbocycles. The van der Waals surface area contributed by atoms with Crippen molar-refractivity contribution in [2.45, 2.75) is 13.0 Å². The van der Waals surface area contributed by atoms with Crippen LogP contribution in [0.1, 0.15) is 27.0 Å². The van der Waals surface area contributed by atoms with Crippen LogP contribution in [0.4, 0.5) is 0 Å². The molecule has 8 nitrogen and oxygen atoms in total. The van der Waals surface area contributed by atoms with Crippen molar-refractivity contribution in [3.05, 3.63) is 93.9 Å². The molecule has 2 saturated heterocycles. The van der Waals surface area contributed by atoms with Gasteiger partial charge < -0.3 is 19.7 Å². The second-order valence-electron chi connectivity index (χ2n) is 10.0. The van der Waals surface area contributed by atoms with Gasteiger partial charge in [-0.1, -0.05) is 60.4 Å². The minimum Gasteiger partial charge on any atom is -0.492 e. The predicted molar refractivity (Wildman–Crippen MR) is 168 cm³/mol. The zero-order valence-corrected chi connectivity index (χ0v) is 24.7. The quantitative estimate of drug-likeness (QED) is 0.238. The van der Waals surface area contributed by atoms with Gasteiger partial charge in [0.2, 0.25) is 0 Å². The Balaban J connectivity index is 1.32. The smallest absolute Gasteiger partial charge is 0.335 e. The SMILES string of the molecule is O=C(O)c1ccc(CCN2C(=O)/C(=C/c3ccc(OCCN4CCOCC4)c(-c4cccc(CO)c4)c3)SC2=S)cc1. The van der Waals surface area contributed by atoms with Crippen molar-refractivity contribution in [3.8, 4) is 16.9 Å². The fraction of sp³-hybridized carbons (Fsp3) is 0.281. The summed E-state index contributed by atoms with van der Waals surface area (Å²) in [6, 6.07) is 20.2. The second-order valence-corrected chi connectivity index (χ2v) is 11.7. The van der Waals surface area contributed by atoms with Crippen LogP contribution in [0.5, 0.6) is 5.75 Å². The van der Waals surface area contributed by atoms with Crippen LogP contribution in [0, 0.1) is 0 Å². The van der Waals surface area contributed by atoms with Crippen LogP contribution in [0.3, 0.4) is 0 Å². The third kappa shape index (κ3) is 7.45. The molecule has 5 rings (SSSR count). The number of benzene rings is 3. The molecule has 42 heavy (non-hydrogen) atoms. The third-order valence-corrected chi connectivity index (χ3v) is 8.57. The maximum Gasteiger partial charge on any atom is 0.335 e. The molecule has 0 saturated carbocycles. The van der Waals surface area contributed by atoms with Gasteiger partial charge in [-0.3, -0.25) is 14.6 Å². The van der Waals surface area contributed by atoms with Gasteiger partial charge in [0.25, 0.3) is 5.91 Å². The number of nitrogens with zero attached hydrogens (tertiary/aromatic N) is 2. The lowest BCUT2D eigenvalue weighted by Gasteiger charge is -2.26. The fourth-order valence-electron chi connectivity index (χ4n) is 4.83. The number of aliphatic hydroxyl groups excluding tert-OH is 1. The van der Waals surface area contributed by atoms with E-state index in [1.807, 2.05) is 48.5 Å². The van der Waals surface area contributed by atoms with Gasteiger partial charge in [0.15, 0.2) is 0 Å². The molecule has 0 atom stereocenters. The molecule has 2 aliphatic rings. The molecule has 2 aliphatic heterocycles. The molecule has 2 fully saturated rings. The average Bonchev–Trinajstić information content (AvgIpc) is 3.28. The van der Waals surface area contributed by atoms with Crippen molar-refractivity contribution in [2.75, 3.05) is 46.0 Å². The van der Waals surface area contributed by atoms with Gasteiger partial charge in [0.05, 0.1) is 30.3 Å². The number of carbonyl (C=O) groups is 2. The van der Waals surface area contributed by atoms with Gasteiger partial charge in [-0.15, -0.1) is 0 Å². The highest BCUT2D eigenvalue weighted by Crippen LogP contribution is 2.36. The second kappa shape index (κ2) is 14.1. The first kappa shape index (κ1) is 29.9. The summed E-state index contributed by atoms with van der Waals surface area (Å²) >= 11 is 6.80. The highest BCUT2D eigenvalue weighted by Gasteiger charge is 2.31. The zero-order chi connectivity index (χ0) is 29.5. The number of ether oxygens (including phenoxy) is 2. The molecule has 2 heterocycles. The van der Waals surface area contributed by atoms with E-state index in [1.54, 1.807) is 29.2 Å². The number of carboxylic acid groups (broad SMARTS) is 1. The number of rotatable bonds is 11. The standard InChI is InChI=1S/C32H32N2O6S2/c35-21-24-2-1-3-26(18-24)27-19-23(6-9-28(27)40-17-14-33-12-15-39-16-13-33)20-29-30(36)34(32(41)42-29)11-10-22-4-7-25(8-5-22)31(37)38/h1-9,18-20,35H,10-17,21H2,(H,37,38)/b29-20-. The van der Waals surface area contributed by atoms with Crippen molar-refractivity contribution in [1.29, 1.82) is 0 Å². The summed E-state index contributed by atoms with van der Waals surface area (Å²) in [5, 5.41) is 18.8. The number of thiocarbonyl (C=S) groups is 1. The molecule has 0 radical (unpaired) electrons. The summed E-state index contributed by atoms with van der Waals surface area (Å²) in [7, 11) is 0. The van der Waals surface area contributed by atoms with E-state index in [4.69, 9.17) is 26.8 Å². The lowest BCUT2D eigenvalue weighted by molar-refractivity contribution is -0.122. The van der Waals surface area contributed by atoms with Crippen molar-refractivity contribution in [1.82, 2.24) is 9.80 Å². The van der Waals surface area contributed by atoms with Crippen LogP contribution in [0.2, 0.25) is 0 Å². The topological polar surface area (TPSA) is 99.5 Å². The molecule has 0 unspecified atom stereocenters. The van der Waals surface area contributed by atoms with Crippen LogP contribution in [0.15, 0.2) is 71.6 Å². The van der Waals surface area contributed by atoms with Crippen molar-refractivity contribution < 1.29 is 29.3 Å². The largest absolute Gasteiger partial charge is 0.492 e. The molecular weight excluding hydrogens is 572 g/mol. The highest BCUT2D eigenvalue weighted by molar-refractivity contribution is 8.26. The number of amides is 1. The summed E-state index contributed by atoms with van der Waals surface area (Å²) in [5.74, 6) is -0.390. The molecule has 3 aromatic rings. The lowest BCUT2D eigenvalue weighted by atomic mass is 9.99. The monoisotopic (exact) mass is 604 g/mol. The number of aliphatic hydroxyl groups is 1. The van der Waals surface area contributed by atoms with E-state index < -0.39 is 5.97 Å². The van der Waals surface area contributed by atoms with Gasteiger partial charge in [0, 0.05) is 31.7 Å². The summed E-state index contributed by atoms with van der Waals surface area (Å²) in [5.41, 5.74) is 4.58. The van der Waals surface area contributed by atoms with E-state index in [2.05, 4.69) is 4.90 Å². The number of hydrogen-bond donors (Lipinski definition) is 2. The summed E-state index contributed by atoms with van der Waals surface area (Å²) < 4.78 is 12.2. The molecule has 0 spiro atoms. The van der Waals surface area contributed by atoms with E-state index >= 15 is 0 Å². The first-order valence-electron chi connectivity index (χ1n) is 13.8. The van der Waals surface area contributed by atoms with Crippen LogP contribution in [-0.2, 0) is 22.6 Å². The Hall–Kier alpha value is -3.54. The number of hydrogen-bond acceptors (Lipinski definition) is 8. The molecule has 218 valence electrons. The number of carbonyl (C=O) groups excluding carboxylic acids is 1. The Labute approximate surface area is 254 Å². The van der Waals surface area contributed by atoms with E-state index in [0.717, 1.165) is 66.4 Å². The number of morpholine rings is 1. The summed E-state index contributed by atoms with van der Waals surface area (Å²) in [6.07, 6.45) is 2.40. The van der Waals surface area contributed by atoms with E-state index in [1.165, 1.54) is 11.8 Å². The van der Waals surface area contributed by atoms with Gasteiger partial charge in [-0.05, 0) is 65.1 Å². The first-order chi connectivity index (χ1) is 20.4. The van der Waals surface area contributed by atoms with Crippen molar-refractivity contribution in [2.24, 2.45) is 0 Å². The Bertz CT molecular complexity index is 1480. The van der Waals surface area contributed by atoms with Crippen LogP contribution < -0.4 is 4.74 Å². The van der Waals surface area contributed by atoms with Crippen molar-refractivity contribution >= 4 is 46.3 Å². The third-order valence-electron chi connectivity index (χ3n) is 7.19. The minimum absolute atomic E-state index is 0.0626. The van der Waals surface area contributed by atoms with E-state index in [-0.39, 0.29) is 18.1 Å². The number of thioether (sulfide) groups is 1. The summed E-state index contributed by atoms with van der Waals surface area (Å²) in [6.45, 7) is 4.93. The predicted octanol–water partition coefficient (Wildman–Crippen LogP) is 4.70. The number of carboxylic acids is 1. The summed E-state index contributed by atoms with van der Waals surface area (Å²) in [4.78, 5) is 28.8. The molecular formula is C32H32N2O6S2. The molecule has 2 N–H and O–H groups in total. The molecule has 0 aliphatic carbocycles. The maximum atomic E-state index is 13.3. The molecule has 10 heteroatoms.